The fourth-order valence-electron chi connectivity index (χ4n) is 2.06. The van der Waals surface area contributed by atoms with Crippen molar-refractivity contribution in [2.75, 3.05) is 19.5 Å². The SMILES string of the molecule is COc1ccc(NC(=O)[C@@H](C)OC(=O)C2=NNC(=O)CC2)cc1OC. The first-order chi connectivity index (χ1) is 11.9. The number of benzene rings is 1. The molecule has 2 rings (SSSR count). The Balaban J connectivity index is 1.96. The summed E-state index contributed by atoms with van der Waals surface area (Å²) in [6, 6.07) is 4.87. The molecule has 0 unspecified atom stereocenters. The van der Waals surface area contributed by atoms with Gasteiger partial charge in [-0.25, -0.2) is 10.2 Å². The number of rotatable bonds is 6. The summed E-state index contributed by atoms with van der Waals surface area (Å²) in [5, 5.41) is 6.25. The largest absolute Gasteiger partial charge is 0.493 e. The van der Waals surface area contributed by atoms with Crippen LogP contribution in [0.2, 0.25) is 0 Å². The second-order valence-electron chi connectivity index (χ2n) is 5.20. The Morgan fingerprint density at radius 3 is 2.52 bits per heavy atom. The molecule has 1 aromatic rings. The van der Waals surface area contributed by atoms with E-state index < -0.39 is 18.0 Å². The van der Waals surface area contributed by atoms with Crippen molar-refractivity contribution in [3.05, 3.63) is 18.2 Å². The predicted octanol–water partition coefficient (Wildman–Crippen LogP) is 0.840. The number of amides is 2. The van der Waals surface area contributed by atoms with Crippen LogP contribution in [0.4, 0.5) is 5.69 Å². The maximum absolute atomic E-state index is 12.2. The molecule has 0 spiro atoms. The van der Waals surface area contributed by atoms with Crippen molar-refractivity contribution < 1.29 is 28.6 Å². The van der Waals surface area contributed by atoms with E-state index in [1.807, 2.05) is 0 Å². The number of ether oxygens (including phenoxy) is 3. The van der Waals surface area contributed by atoms with Crippen LogP contribution in [0.25, 0.3) is 0 Å². The van der Waals surface area contributed by atoms with E-state index in [0.717, 1.165) is 0 Å². The predicted molar refractivity (Wildman–Crippen MR) is 88.5 cm³/mol. The average molecular weight is 349 g/mol. The Kier molecular flexibility index (Phi) is 5.93. The summed E-state index contributed by atoms with van der Waals surface area (Å²) in [6.07, 6.45) is -0.713. The van der Waals surface area contributed by atoms with Crippen molar-refractivity contribution in [1.29, 1.82) is 0 Å². The van der Waals surface area contributed by atoms with Crippen molar-refractivity contribution in [3.63, 3.8) is 0 Å². The van der Waals surface area contributed by atoms with Gasteiger partial charge in [0.15, 0.2) is 17.6 Å². The van der Waals surface area contributed by atoms with Gasteiger partial charge >= 0.3 is 5.97 Å². The molecular formula is C16H19N3O6. The molecule has 0 aliphatic carbocycles. The van der Waals surface area contributed by atoms with Crippen LogP contribution in [-0.4, -0.2) is 43.8 Å². The maximum atomic E-state index is 12.2. The van der Waals surface area contributed by atoms with Crippen molar-refractivity contribution >= 4 is 29.2 Å². The number of hydrogen-bond acceptors (Lipinski definition) is 7. The van der Waals surface area contributed by atoms with E-state index in [-0.39, 0.29) is 24.5 Å². The molecule has 9 heteroatoms. The Hall–Kier alpha value is -3.10. The van der Waals surface area contributed by atoms with E-state index in [9.17, 15) is 14.4 Å². The van der Waals surface area contributed by atoms with Crippen LogP contribution in [0.15, 0.2) is 23.3 Å². The molecule has 1 heterocycles. The first-order valence-corrected chi connectivity index (χ1v) is 7.54. The van der Waals surface area contributed by atoms with E-state index >= 15 is 0 Å². The standard InChI is InChI=1S/C16H19N3O6/c1-9(25-16(22)11-5-7-14(20)19-18-11)15(21)17-10-4-6-12(23-2)13(8-10)24-3/h4,6,8-9H,5,7H2,1-3H3,(H,17,21)(H,19,20)/t9-/m1/s1. The van der Waals surface area contributed by atoms with E-state index in [1.54, 1.807) is 18.2 Å². The minimum atomic E-state index is -1.04. The van der Waals surface area contributed by atoms with E-state index in [1.165, 1.54) is 21.1 Å². The number of esters is 1. The third-order valence-corrected chi connectivity index (χ3v) is 3.44. The van der Waals surface area contributed by atoms with Gasteiger partial charge in [-0.15, -0.1) is 0 Å². The topological polar surface area (TPSA) is 115 Å². The number of hydrogen-bond donors (Lipinski definition) is 2. The lowest BCUT2D eigenvalue weighted by Gasteiger charge is -2.16. The quantitative estimate of drug-likeness (QED) is 0.736. The van der Waals surface area contributed by atoms with Gasteiger partial charge < -0.3 is 19.5 Å². The molecule has 0 saturated heterocycles. The lowest BCUT2D eigenvalue weighted by Crippen LogP contribution is -2.35. The van der Waals surface area contributed by atoms with Gasteiger partial charge in [-0.05, 0) is 19.1 Å². The molecule has 134 valence electrons. The second-order valence-corrected chi connectivity index (χ2v) is 5.20. The summed E-state index contributed by atoms with van der Waals surface area (Å²) in [6.45, 7) is 1.44. The van der Waals surface area contributed by atoms with E-state index in [0.29, 0.717) is 17.2 Å². The maximum Gasteiger partial charge on any atom is 0.355 e. The lowest BCUT2D eigenvalue weighted by molar-refractivity contribution is -0.146. The van der Waals surface area contributed by atoms with Crippen molar-refractivity contribution in [2.24, 2.45) is 5.10 Å². The third-order valence-electron chi connectivity index (χ3n) is 3.44. The normalized spacial score (nSPS) is 14.7. The van der Waals surface area contributed by atoms with Gasteiger partial charge in [0.2, 0.25) is 5.91 Å². The van der Waals surface area contributed by atoms with Crippen LogP contribution in [-0.2, 0) is 19.1 Å². The molecule has 1 aliphatic heterocycles. The van der Waals surface area contributed by atoms with Gasteiger partial charge in [-0.1, -0.05) is 0 Å². The molecule has 0 radical (unpaired) electrons. The zero-order valence-corrected chi connectivity index (χ0v) is 14.1. The van der Waals surface area contributed by atoms with Crippen LogP contribution in [0, 0.1) is 0 Å². The molecule has 2 amide bonds. The Bertz CT molecular complexity index is 716. The number of carbonyl (C=O) groups excluding carboxylic acids is 3. The minimum absolute atomic E-state index is 0.0744. The summed E-state index contributed by atoms with van der Waals surface area (Å²) in [7, 11) is 2.99. The number of hydrazone groups is 1. The van der Waals surface area contributed by atoms with Crippen molar-refractivity contribution in [1.82, 2.24) is 5.43 Å². The summed E-state index contributed by atoms with van der Waals surface area (Å²) in [5.41, 5.74) is 2.74. The summed E-state index contributed by atoms with van der Waals surface area (Å²) < 4.78 is 15.4. The van der Waals surface area contributed by atoms with Crippen molar-refractivity contribution in [3.8, 4) is 11.5 Å². The smallest absolute Gasteiger partial charge is 0.355 e. The van der Waals surface area contributed by atoms with Gasteiger partial charge in [-0.2, -0.15) is 5.10 Å². The van der Waals surface area contributed by atoms with Gasteiger partial charge in [0.25, 0.3) is 5.91 Å². The van der Waals surface area contributed by atoms with Gasteiger partial charge in [0.1, 0.15) is 5.71 Å². The second kappa shape index (κ2) is 8.13. The van der Waals surface area contributed by atoms with Crippen LogP contribution in [0.5, 0.6) is 11.5 Å². The molecule has 25 heavy (non-hydrogen) atoms. The highest BCUT2D eigenvalue weighted by atomic mass is 16.5. The van der Waals surface area contributed by atoms with Crippen LogP contribution in [0.1, 0.15) is 19.8 Å². The molecule has 2 N–H and O–H groups in total. The number of methoxy groups -OCH3 is 2. The van der Waals surface area contributed by atoms with Crippen LogP contribution in [0.3, 0.4) is 0 Å². The molecule has 9 nitrogen and oxygen atoms in total. The zero-order valence-electron chi connectivity index (χ0n) is 14.1. The molecule has 0 saturated carbocycles. The Morgan fingerprint density at radius 2 is 1.92 bits per heavy atom. The van der Waals surface area contributed by atoms with E-state index in [4.69, 9.17) is 14.2 Å². The molecule has 0 fully saturated rings. The molecule has 1 atom stereocenters. The molecule has 0 aromatic heterocycles. The lowest BCUT2D eigenvalue weighted by atomic mass is 10.2. The number of carbonyl (C=O) groups is 3. The summed E-state index contributed by atoms with van der Waals surface area (Å²) in [4.78, 5) is 35.1. The highest BCUT2D eigenvalue weighted by Gasteiger charge is 2.24. The molecule has 1 aliphatic rings. The summed E-state index contributed by atoms with van der Waals surface area (Å²) >= 11 is 0. The van der Waals surface area contributed by atoms with Gasteiger partial charge in [-0.3, -0.25) is 9.59 Å². The molecule has 1 aromatic carbocycles. The van der Waals surface area contributed by atoms with Crippen LogP contribution >= 0.6 is 0 Å². The highest BCUT2D eigenvalue weighted by molar-refractivity contribution is 6.37. The monoisotopic (exact) mass is 349 g/mol. The highest BCUT2D eigenvalue weighted by Crippen LogP contribution is 2.29. The number of anilines is 1. The number of nitrogens with one attached hydrogen (secondary N) is 2. The summed E-state index contributed by atoms with van der Waals surface area (Å²) in [5.74, 6) is -0.540. The van der Waals surface area contributed by atoms with E-state index in [2.05, 4.69) is 15.8 Å². The van der Waals surface area contributed by atoms with Gasteiger partial charge in [0.05, 0.1) is 14.2 Å². The fraction of sp³-hybridized carbons (Fsp3) is 0.375. The molecular weight excluding hydrogens is 330 g/mol. The Labute approximate surface area is 144 Å². The zero-order chi connectivity index (χ0) is 18.4. The fourth-order valence-corrected chi connectivity index (χ4v) is 2.06. The first kappa shape index (κ1) is 18.2. The number of nitrogens with zero attached hydrogens (tertiary/aromatic N) is 1. The third kappa shape index (κ3) is 4.69. The van der Waals surface area contributed by atoms with Gasteiger partial charge in [0, 0.05) is 24.6 Å². The Morgan fingerprint density at radius 1 is 1.20 bits per heavy atom. The minimum Gasteiger partial charge on any atom is -0.493 e. The first-order valence-electron chi connectivity index (χ1n) is 7.54. The van der Waals surface area contributed by atoms with Crippen molar-refractivity contribution in [2.45, 2.75) is 25.9 Å². The molecule has 0 bridgehead atoms. The van der Waals surface area contributed by atoms with Crippen LogP contribution < -0.4 is 20.2 Å². The average Bonchev–Trinajstić information content (AvgIpc) is 2.61.